The molecule has 2 heterocycles. The van der Waals surface area contributed by atoms with E-state index in [9.17, 15) is 14.0 Å². The molecule has 1 aromatic heterocycles. The van der Waals surface area contributed by atoms with Crippen molar-refractivity contribution in [3.8, 4) is 0 Å². The van der Waals surface area contributed by atoms with Crippen LogP contribution in [0.2, 0.25) is 0 Å². The second-order valence-corrected chi connectivity index (χ2v) is 7.97. The number of benzene rings is 2. The highest BCUT2D eigenvalue weighted by Gasteiger charge is 2.24. The molecule has 0 bridgehead atoms. The van der Waals surface area contributed by atoms with E-state index in [0.717, 1.165) is 17.7 Å². The van der Waals surface area contributed by atoms with E-state index in [1.165, 1.54) is 6.07 Å². The number of rotatable bonds is 6. The van der Waals surface area contributed by atoms with E-state index < -0.39 is 0 Å². The van der Waals surface area contributed by atoms with Gasteiger partial charge in [0.25, 0.3) is 0 Å². The highest BCUT2D eigenvalue weighted by Crippen LogP contribution is 2.27. The summed E-state index contributed by atoms with van der Waals surface area (Å²) in [6.07, 6.45) is 3.17. The summed E-state index contributed by atoms with van der Waals surface area (Å²) in [6, 6.07) is 13.9. The van der Waals surface area contributed by atoms with Gasteiger partial charge in [-0.25, -0.2) is 4.39 Å². The van der Waals surface area contributed by atoms with Gasteiger partial charge in [-0.15, -0.1) is 0 Å². The predicted molar refractivity (Wildman–Crippen MR) is 116 cm³/mol. The molecule has 2 aromatic carbocycles. The Kier molecular flexibility index (Phi) is 5.94. The maximum absolute atomic E-state index is 13.9. The third-order valence-corrected chi connectivity index (χ3v) is 5.55. The first kappa shape index (κ1) is 20.3. The SMILES string of the molecule is O=C(Cc1ccccc1N1CCCC1=O)Nc1nn(Cc2ccccc2F)cc1Br. The van der Waals surface area contributed by atoms with Gasteiger partial charge in [-0.1, -0.05) is 36.4 Å². The fourth-order valence-corrected chi connectivity index (χ4v) is 3.95. The molecule has 0 unspecified atom stereocenters. The van der Waals surface area contributed by atoms with Crippen LogP contribution in [-0.2, 0) is 22.6 Å². The van der Waals surface area contributed by atoms with Crippen LogP contribution in [0.4, 0.5) is 15.9 Å². The zero-order valence-electron chi connectivity index (χ0n) is 16.1. The molecule has 0 radical (unpaired) electrons. The lowest BCUT2D eigenvalue weighted by Crippen LogP contribution is -2.26. The lowest BCUT2D eigenvalue weighted by molar-refractivity contribution is -0.117. The molecule has 1 N–H and O–H groups in total. The van der Waals surface area contributed by atoms with Gasteiger partial charge in [-0.3, -0.25) is 14.3 Å². The number of carbonyl (C=O) groups is 2. The van der Waals surface area contributed by atoms with Gasteiger partial charge in [-0.2, -0.15) is 5.10 Å². The maximum Gasteiger partial charge on any atom is 0.230 e. The molecule has 1 saturated heterocycles. The van der Waals surface area contributed by atoms with Crippen molar-refractivity contribution in [2.24, 2.45) is 0 Å². The molecule has 4 rings (SSSR count). The topological polar surface area (TPSA) is 67.2 Å². The number of carbonyl (C=O) groups excluding carboxylic acids is 2. The minimum absolute atomic E-state index is 0.0810. The number of nitrogens with one attached hydrogen (secondary N) is 1. The molecule has 2 amide bonds. The number of hydrogen-bond acceptors (Lipinski definition) is 3. The van der Waals surface area contributed by atoms with E-state index in [4.69, 9.17) is 0 Å². The summed E-state index contributed by atoms with van der Waals surface area (Å²) in [5, 5.41) is 7.14. The van der Waals surface area contributed by atoms with Crippen molar-refractivity contribution in [2.45, 2.75) is 25.8 Å². The van der Waals surface area contributed by atoms with Crippen molar-refractivity contribution in [3.63, 3.8) is 0 Å². The van der Waals surface area contributed by atoms with Gasteiger partial charge >= 0.3 is 0 Å². The molecule has 0 saturated carbocycles. The quantitative estimate of drug-likeness (QED) is 0.588. The first-order valence-corrected chi connectivity index (χ1v) is 10.4. The van der Waals surface area contributed by atoms with Crippen LogP contribution < -0.4 is 10.2 Å². The summed E-state index contributed by atoms with van der Waals surface area (Å²) >= 11 is 3.39. The fourth-order valence-electron chi connectivity index (χ4n) is 3.54. The molecule has 154 valence electrons. The van der Waals surface area contributed by atoms with Gasteiger partial charge in [0.15, 0.2) is 5.82 Å². The van der Waals surface area contributed by atoms with E-state index >= 15 is 0 Å². The number of anilines is 2. The van der Waals surface area contributed by atoms with Gasteiger partial charge in [0.05, 0.1) is 17.4 Å². The summed E-state index contributed by atoms with van der Waals surface area (Å²) in [5.74, 6) is -0.0997. The number of para-hydroxylation sites is 1. The number of hydrogen-bond donors (Lipinski definition) is 1. The van der Waals surface area contributed by atoms with Gasteiger partial charge in [-0.05, 0) is 40.0 Å². The molecule has 0 spiro atoms. The lowest BCUT2D eigenvalue weighted by atomic mass is 10.1. The van der Waals surface area contributed by atoms with Crippen molar-refractivity contribution >= 4 is 39.2 Å². The molecule has 8 heteroatoms. The van der Waals surface area contributed by atoms with E-state index in [-0.39, 0.29) is 30.6 Å². The van der Waals surface area contributed by atoms with Crippen LogP contribution in [0.25, 0.3) is 0 Å². The highest BCUT2D eigenvalue weighted by molar-refractivity contribution is 9.10. The fraction of sp³-hybridized carbons (Fsp3) is 0.227. The Labute approximate surface area is 181 Å². The number of aromatic nitrogens is 2. The summed E-state index contributed by atoms with van der Waals surface area (Å²) in [6.45, 7) is 0.921. The Balaban J connectivity index is 1.46. The summed E-state index contributed by atoms with van der Waals surface area (Å²) < 4.78 is 16.0. The summed E-state index contributed by atoms with van der Waals surface area (Å²) in [5.41, 5.74) is 2.07. The standard InChI is InChI=1S/C22H20BrFN4O2/c23-17-14-27(13-16-7-1-3-8-18(16)24)26-22(17)25-20(29)12-15-6-2-4-9-19(15)28-11-5-10-21(28)30/h1-4,6-9,14H,5,10-13H2,(H,25,26,29). The Morgan fingerprint density at radius 3 is 2.60 bits per heavy atom. The second-order valence-electron chi connectivity index (χ2n) is 7.12. The average molecular weight is 471 g/mol. The minimum atomic E-state index is -0.303. The molecule has 1 aliphatic heterocycles. The van der Waals surface area contributed by atoms with E-state index in [1.54, 1.807) is 34.0 Å². The van der Waals surface area contributed by atoms with Crippen LogP contribution in [0.15, 0.2) is 59.2 Å². The third kappa shape index (κ3) is 4.43. The largest absolute Gasteiger partial charge is 0.312 e. The predicted octanol–water partition coefficient (Wildman–Crippen LogP) is 4.14. The van der Waals surface area contributed by atoms with E-state index in [0.29, 0.717) is 28.8 Å². The second kappa shape index (κ2) is 8.79. The molecular weight excluding hydrogens is 451 g/mol. The molecule has 1 aliphatic rings. The first-order chi connectivity index (χ1) is 14.5. The summed E-state index contributed by atoms with van der Waals surface area (Å²) in [4.78, 5) is 26.5. The van der Waals surface area contributed by atoms with Crippen molar-refractivity contribution in [1.82, 2.24) is 9.78 Å². The Hall–Kier alpha value is -3.00. The zero-order chi connectivity index (χ0) is 21.1. The minimum Gasteiger partial charge on any atom is -0.312 e. The van der Waals surface area contributed by atoms with Crippen LogP contribution >= 0.6 is 15.9 Å². The van der Waals surface area contributed by atoms with Crippen molar-refractivity contribution < 1.29 is 14.0 Å². The Morgan fingerprint density at radius 1 is 1.13 bits per heavy atom. The molecule has 0 atom stereocenters. The van der Waals surface area contributed by atoms with Gasteiger partial charge in [0, 0.05) is 30.4 Å². The highest BCUT2D eigenvalue weighted by atomic mass is 79.9. The van der Waals surface area contributed by atoms with Gasteiger partial charge < -0.3 is 10.2 Å². The van der Waals surface area contributed by atoms with Crippen molar-refractivity contribution in [3.05, 3.63) is 76.1 Å². The zero-order valence-corrected chi connectivity index (χ0v) is 17.7. The van der Waals surface area contributed by atoms with E-state index in [2.05, 4.69) is 26.3 Å². The first-order valence-electron chi connectivity index (χ1n) is 9.66. The Morgan fingerprint density at radius 2 is 1.87 bits per heavy atom. The van der Waals surface area contributed by atoms with Crippen LogP contribution in [0.5, 0.6) is 0 Å². The molecule has 3 aromatic rings. The number of halogens is 2. The van der Waals surface area contributed by atoms with Crippen molar-refractivity contribution in [2.75, 3.05) is 16.8 Å². The molecule has 30 heavy (non-hydrogen) atoms. The summed E-state index contributed by atoms with van der Waals surface area (Å²) in [7, 11) is 0. The van der Waals surface area contributed by atoms with Crippen LogP contribution in [-0.4, -0.2) is 28.1 Å². The molecule has 0 aliphatic carbocycles. The van der Waals surface area contributed by atoms with Crippen LogP contribution in [0.3, 0.4) is 0 Å². The molecule has 1 fully saturated rings. The third-order valence-electron chi connectivity index (χ3n) is 4.97. The smallest absolute Gasteiger partial charge is 0.230 e. The van der Waals surface area contributed by atoms with Crippen LogP contribution in [0.1, 0.15) is 24.0 Å². The lowest BCUT2D eigenvalue weighted by Gasteiger charge is -2.19. The monoisotopic (exact) mass is 470 g/mol. The van der Waals surface area contributed by atoms with E-state index in [1.807, 2.05) is 24.3 Å². The number of nitrogens with zero attached hydrogens (tertiary/aromatic N) is 3. The van der Waals surface area contributed by atoms with Gasteiger partial charge in [0.2, 0.25) is 11.8 Å². The average Bonchev–Trinajstić information content (AvgIpc) is 3.29. The maximum atomic E-state index is 13.9. The van der Waals surface area contributed by atoms with Crippen LogP contribution in [0, 0.1) is 5.82 Å². The molecular formula is C22H20BrFN4O2. The number of amides is 2. The van der Waals surface area contributed by atoms with Gasteiger partial charge in [0.1, 0.15) is 5.82 Å². The molecule has 6 nitrogen and oxygen atoms in total. The van der Waals surface area contributed by atoms with Crippen molar-refractivity contribution in [1.29, 1.82) is 0 Å². The normalized spacial score (nSPS) is 13.7. The Bertz CT molecular complexity index is 1100.